The summed E-state index contributed by atoms with van der Waals surface area (Å²) in [5.74, 6) is 0.763. The van der Waals surface area contributed by atoms with Crippen LogP contribution in [0, 0.1) is 0 Å². The van der Waals surface area contributed by atoms with Gasteiger partial charge in [-0.3, -0.25) is 4.79 Å². The van der Waals surface area contributed by atoms with Crippen LogP contribution in [0.15, 0.2) is 71.6 Å². The molecule has 3 rings (SSSR count). The molecule has 2 aromatic carbocycles. The average molecular weight is 465 g/mol. The fourth-order valence-electron chi connectivity index (χ4n) is 2.33. The summed E-state index contributed by atoms with van der Waals surface area (Å²) < 4.78 is 7.88. The van der Waals surface area contributed by atoms with Gasteiger partial charge >= 0.3 is 0 Å². The van der Waals surface area contributed by atoms with Gasteiger partial charge in [-0.1, -0.05) is 28.1 Å². The second-order valence-electron chi connectivity index (χ2n) is 5.28. The SMILES string of the molecule is Br.COc1ccc(C(=O)C[n+]2ccc(-c3cccc(Br)c3)nc2)cc1. The molecule has 0 bridgehead atoms. The Bertz CT molecular complexity index is 850. The molecule has 0 spiro atoms. The zero-order valence-corrected chi connectivity index (χ0v) is 16.9. The number of ether oxygens (including phenoxy) is 1. The minimum Gasteiger partial charge on any atom is -0.497 e. The smallest absolute Gasteiger partial charge is 0.287 e. The fourth-order valence-corrected chi connectivity index (χ4v) is 2.73. The third-order valence-electron chi connectivity index (χ3n) is 3.63. The number of Topliss-reactive ketones (excluding diaryl/α,β-unsaturated/α-hetero) is 1. The van der Waals surface area contributed by atoms with Gasteiger partial charge in [0.1, 0.15) is 5.75 Å². The average Bonchev–Trinajstić information content (AvgIpc) is 2.62. The first-order valence-electron chi connectivity index (χ1n) is 7.44. The summed E-state index contributed by atoms with van der Waals surface area (Å²) in [5.41, 5.74) is 2.54. The second kappa shape index (κ2) is 8.87. The number of carbonyl (C=O) groups excluding carboxylic acids is 1. The molecule has 0 saturated carbocycles. The van der Waals surface area contributed by atoms with Crippen molar-refractivity contribution in [1.82, 2.24) is 4.98 Å². The molecule has 4 nitrogen and oxygen atoms in total. The van der Waals surface area contributed by atoms with Crippen LogP contribution in [0.3, 0.4) is 0 Å². The molecule has 0 unspecified atom stereocenters. The number of halogens is 2. The topological polar surface area (TPSA) is 43.1 Å². The van der Waals surface area contributed by atoms with Gasteiger partial charge in [-0.2, -0.15) is 0 Å². The van der Waals surface area contributed by atoms with E-state index in [0.29, 0.717) is 5.56 Å². The summed E-state index contributed by atoms with van der Waals surface area (Å²) >= 11 is 3.46. The molecule has 0 aliphatic rings. The van der Waals surface area contributed by atoms with Gasteiger partial charge in [0, 0.05) is 21.7 Å². The number of rotatable bonds is 5. The molecule has 0 amide bonds. The van der Waals surface area contributed by atoms with Gasteiger partial charge in [-0.05, 0) is 41.4 Å². The van der Waals surface area contributed by atoms with Crippen molar-refractivity contribution in [3.05, 3.63) is 77.2 Å². The molecule has 0 atom stereocenters. The van der Waals surface area contributed by atoms with Gasteiger partial charge in [-0.25, -0.2) is 4.57 Å². The highest BCUT2D eigenvalue weighted by Crippen LogP contribution is 2.20. The number of methoxy groups -OCH3 is 1. The highest BCUT2D eigenvalue weighted by atomic mass is 79.9. The second-order valence-corrected chi connectivity index (χ2v) is 6.20. The fraction of sp³-hybridized carbons (Fsp3) is 0.105. The first kappa shape index (κ1) is 19.3. The van der Waals surface area contributed by atoms with Crippen molar-refractivity contribution in [3.8, 4) is 17.0 Å². The van der Waals surface area contributed by atoms with Crippen molar-refractivity contribution in [1.29, 1.82) is 0 Å². The van der Waals surface area contributed by atoms with E-state index >= 15 is 0 Å². The van der Waals surface area contributed by atoms with Crippen LogP contribution >= 0.6 is 32.9 Å². The molecular weight excluding hydrogens is 448 g/mol. The third-order valence-corrected chi connectivity index (χ3v) is 4.12. The van der Waals surface area contributed by atoms with E-state index in [1.54, 1.807) is 42.3 Å². The molecule has 0 saturated heterocycles. The van der Waals surface area contributed by atoms with Gasteiger partial charge in [0.15, 0.2) is 12.2 Å². The lowest BCUT2D eigenvalue weighted by atomic mass is 10.1. The summed E-state index contributed by atoms with van der Waals surface area (Å²) in [6, 6.07) is 17.0. The van der Waals surface area contributed by atoms with Crippen LogP contribution in [0.1, 0.15) is 10.4 Å². The van der Waals surface area contributed by atoms with Gasteiger partial charge in [-0.15, -0.1) is 17.0 Å². The van der Waals surface area contributed by atoms with Crippen LogP contribution in [-0.2, 0) is 6.54 Å². The quantitative estimate of drug-likeness (QED) is 0.418. The normalized spacial score (nSPS) is 10.0. The molecule has 0 aliphatic carbocycles. The maximum Gasteiger partial charge on any atom is 0.287 e. The lowest BCUT2D eigenvalue weighted by Gasteiger charge is -2.03. The number of aromatic nitrogens is 2. The monoisotopic (exact) mass is 463 g/mol. The largest absolute Gasteiger partial charge is 0.497 e. The first-order valence-corrected chi connectivity index (χ1v) is 8.23. The van der Waals surface area contributed by atoms with Crippen LogP contribution in [0.2, 0.25) is 0 Å². The Hall–Kier alpha value is -2.05. The van der Waals surface area contributed by atoms with Crippen LogP contribution in [-0.4, -0.2) is 17.9 Å². The van der Waals surface area contributed by atoms with Crippen LogP contribution in [0.4, 0.5) is 0 Å². The van der Waals surface area contributed by atoms with E-state index in [1.165, 1.54) is 0 Å². The summed E-state index contributed by atoms with van der Waals surface area (Å²) in [6.45, 7) is 0.248. The van der Waals surface area contributed by atoms with Gasteiger partial charge < -0.3 is 4.74 Å². The molecule has 0 radical (unpaired) electrons. The zero-order chi connectivity index (χ0) is 16.9. The molecular formula is C19H17Br2N2O2+. The van der Waals surface area contributed by atoms with Crippen molar-refractivity contribution < 1.29 is 14.1 Å². The molecule has 25 heavy (non-hydrogen) atoms. The number of ketones is 1. The summed E-state index contributed by atoms with van der Waals surface area (Å²) in [4.78, 5) is 16.8. The predicted molar refractivity (Wildman–Crippen MR) is 105 cm³/mol. The predicted octanol–water partition coefficient (Wildman–Crippen LogP) is 4.27. The maximum absolute atomic E-state index is 12.3. The summed E-state index contributed by atoms with van der Waals surface area (Å²) in [5, 5.41) is 0. The Morgan fingerprint density at radius 1 is 1.16 bits per heavy atom. The van der Waals surface area contributed by atoms with E-state index in [-0.39, 0.29) is 29.3 Å². The molecule has 1 aromatic heterocycles. The van der Waals surface area contributed by atoms with Crippen molar-refractivity contribution in [2.75, 3.05) is 7.11 Å². The zero-order valence-electron chi connectivity index (χ0n) is 13.6. The first-order chi connectivity index (χ1) is 11.7. The van der Waals surface area contributed by atoms with E-state index < -0.39 is 0 Å². The number of nitrogens with zero attached hydrogens (tertiary/aromatic N) is 2. The van der Waals surface area contributed by atoms with Gasteiger partial charge in [0.25, 0.3) is 6.33 Å². The minimum atomic E-state index is 0. The van der Waals surface area contributed by atoms with Crippen LogP contribution in [0.25, 0.3) is 11.3 Å². The third kappa shape index (κ3) is 4.96. The lowest BCUT2D eigenvalue weighted by Crippen LogP contribution is -2.37. The summed E-state index contributed by atoms with van der Waals surface area (Å²) in [6.07, 6.45) is 3.54. The van der Waals surface area contributed by atoms with Crippen LogP contribution < -0.4 is 9.30 Å². The molecule has 6 heteroatoms. The minimum absolute atomic E-state index is 0. The Labute approximate surface area is 165 Å². The Morgan fingerprint density at radius 3 is 2.52 bits per heavy atom. The van der Waals surface area contributed by atoms with Gasteiger partial charge in [0.05, 0.1) is 13.3 Å². The lowest BCUT2D eigenvalue weighted by molar-refractivity contribution is -0.686. The van der Waals surface area contributed by atoms with Crippen LogP contribution in [0.5, 0.6) is 5.75 Å². The standard InChI is InChI=1S/C19H16BrN2O2.BrH/c1-24-17-7-5-14(6-8-17)19(23)12-22-10-9-18(21-13-22)15-3-2-4-16(20)11-15;/h2-11,13H,12H2,1H3;1H/q+1;. The Morgan fingerprint density at radius 2 is 1.92 bits per heavy atom. The van der Waals surface area contributed by atoms with E-state index in [4.69, 9.17) is 4.74 Å². The highest BCUT2D eigenvalue weighted by molar-refractivity contribution is 9.10. The summed E-state index contributed by atoms with van der Waals surface area (Å²) in [7, 11) is 1.60. The van der Waals surface area contributed by atoms with Crippen molar-refractivity contribution in [2.45, 2.75) is 6.54 Å². The van der Waals surface area contributed by atoms with Crippen molar-refractivity contribution in [2.24, 2.45) is 0 Å². The van der Waals surface area contributed by atoms with E-state index in [0.717, 1.165) is 21.5 Å². The van der Waals surface area contributed by atoms with E-state index in [2.05, 4.69) is 20.9 Å². The number of benzene rings is 2. The van der Waals surface area contributed by atoms with Crippen molar-refractivity contribution in [3.63, 3.8) is 0 Å². The van der Waals surface area contributed by atoms with E-state index in [9.17, 15) is 4.79 Å². The molecule has 128 valence electrons. The number of carbonyl (C=O) groups is 1. The molecule has 0 fully saturated rings. The molecule has 3 aromatic rings. The molecule has 0 aliphatic heterocycles. The Kier molecular flexibility index (Phi) is 6.84. The maximum atomic E-state index is 12.3. The Balaban J connectivity index is 0.00000225. The van der Waals surface area contributed by atoms with Crippen molar-refractivity contribution >= 4 is 38.7 Å². The molecule has 1 heterocycles. The number of hydrogen-bond donors (Lipinski definition) is 0. The number of hydrogen-bond acceptors (Lipinski definition) is 3. The van der Waals surface area contributed by atoms with E-state index in [1.807, 2.05) is 36.5 Å². The molecule has 0 N–H and O–H groups in total. The van der Waals surface area contributed by atoms with Gasteiger partial charge in [0.2, 0.25) is 5.78 Å². The highest BCUT2D eigenvalue weighted by Gasteiger charge is 2.12.